The Kier molecular flexibility index (Phi) is 3.66. The number of hydrogen-bond acceptors (Lipinski definition) is 1. The maximum Gasteiger partial charge on any atom is 0.130 e. The summed E-state index contributed by atoms with van der Waals surface area (Å²) in [4.78, 5) is 0. The van der Waals surface area contributed by atoms with Crippen molar-refractivity contribution in [1.82, 2.24) is 5.32 Å². The fraction of sp³-hybridized carbons (Fsp3) is 0.143. The standard InChI is InChI=1S/C21H17F2N/c1-13(15-11-10-14(22)12-20(15)23)24-21-18-8-4-2-6-16(18)17-7-3-5-9-19(17)21/h2-13,21,24H,1H3/t13-/m1/s1. The molecule has 1 atom stereocenters. The fourth-order valence-electron chi connectivity index (χ4n) is 3.53. The minimum Gasteiger partial charge on any atom is -0.299 e. The molecule has 0 amide bonds. The highest BCUT2D eigenvalue weighted by Gasteiger charge is 2.29. The topological polar surface area (TPSA) is 12.0 Å². The van der Waals surface area contributed by atoms with E-state index in [-0.39, 0.29) is 12.1 Å². The third-order valence-electron chi connectivity index (χ3n) is 4.68. The van der Waals surface area contributed by atoms with Crippen molar-refractivity contribution >= 4 is 0 Å². The highest BCUT2D eigenvalue weighted by molar-refractivity contribution is 5.78. The van der Waals surface area contributed by atoms with Crippen LogP contribution in [0.2, 0.25) is 0 Å². The summed E-state index contributed by atoms with van der Waals surface area (Å²) < 4.78 is 27.2. The van der Waals surface area contributed by atoms with Crippen molar-refractivity contribution in [2.24, 2.45) is 0 Å². The first kappa shape index (κ1) is 15.0. The van der Waals surface area contributed by atoms with Gasteiger partial charge in [-0.05, 0) is 35.2 Å². The van der Waals surface area contributed by atoms with Gasteiger partial charge >= 0.3 is 0 Å². The van der Waals surface area contributed by atoms with Crippen LogP contribution in [0.15, 0.2) is 66.7 Å². The molecule has 1 nitrogen and oxygen atoms in total. The van der Waals surface area contributed by atoms with Crippen LogP contribution >= 0.6 is 0 Å². The smallest absolute Gasteiger partial charge is 0.130 e. The number of hydrogen-bond donors (Lipinski definition) is 1. The van der Waals surface area contributed by atoms with Crippen molar-refractivity contribution in [3.8, 4) is 11.1 Å². The molecule has 1 N–H and O–H groups in total. The monoisotopic (exact) mass is 321 g/mol. The molecule has 3 aromatic rings. The first-order valence-electron chi connectivity index (χ1n) is 8.04. The summed E-state index contributed by atoms with van der Waals surface area (Å²) in [5.74, 6) is -1.07. The van der Waals surface area contributed by atoms with E-state index in [0.717, 1.165) is 6.07 Å². The molecule has 24 heavy (non-hydrogen) atoms. The number of benzene rings is 3. The van der Waals surface area contributed by atoms with E-state index in [1.165, 1.54) is 34.4 Å². The lowest BCUT2D eigenvalue weighted by atomic mass is 10.0. The Labute approximate surface area is 140 Å². The quantitative estimate of drug-likeness (QED) is 0.682. The summed E-state index contributed by atoms with van der Waals surface area (Å²) in [6.45, 7) is 1.90. The zero-order valence-electron chi connectivity index (χ0n) is 13.3. The van der Waals surface area contributed by atoms with Crippen LogP contribution in [0.3, 0.4) is 0 Å². The Hall–Kier alpha value is -2.52. The number of halogens is 2. The minimum atomic E-state index is -0.556. The third kappa shape index (κ3) is 2.42. The molecule has 3 heteroatoms. The molecule has 0 saturated heterocycles. The van der Waals surface area contributed by atoms with Crippen LogP contribution < -0.4 is 5.32 Å². The molecule has 4 rings (SSSR count). The van der Waals surface area contributed by atoms with E-state index in [1.807, 2.05) is 31.2 Å². The molecular weight excluding hydrogens is 304 g/mol. The molecule has 0 heterocycles. The van der Waals surface area contributed by atoms with E-state index < -0.39 is 11.6 Å². The van der Waals surface area contributed by atoms with Crippen LogP contribution in [-0.4, -0.2) is 0 Å². The lowest BCUT2D eigenvalue weighted by Crippen LogP contribution is -2.24. The first-order chi connectivity index (χ1) is 11.6. The van der Waals surface area contributed by atoms with Crippen molar-refractivity contribution in [3.05, 3.63) is 95.1 Å². The molecule has 1 aliphatic carbocycles. The molecule has 0 bridgehead atoms. The van der Waals surface area contributed by atoms with Gasteiger partial charge in [0.25, 0.3) is 0 Å². The van der Waals surface area contributed by atoms with Crippen molar-refractivity contribution in [1.29, 1.82) is 0 Å². The molecule has 0 saturated carbocycles. The van der Waals surface area contributed by atoms with E-state index in [0.29, 0.717) is 5.56 Å². The lowest BCUT2D eigenvalue weighted by Gasteiger charge is -2.22. The summed E-state index contributed by atoms with van der Waals surface area (Å²) in [5.41, 5.74) is 5.26. The number of fused-ring (bicyclic) bond motifs is 3. The number of nitrogens with one attached hydrogen (secondary N) is 1. The maximum atomic E-state index is 14.1. The Balaban J connectivity index is 1.72. The maximum absolute atomic E-state index is 14.1. The second kappa shape index (κ2) is 5.84. The average molecular weight is 321 g/mol. The van der Waals surface area contributed by atoms with Gasteiger partial charge in [0.15, 0.2) is 0 Å². The predicted octanol–water partition coefficient (Wildman–Crippen LogP) is 5.39. The largest absolute Gasteiger partial charge is 0.299 e. The van der Waals surface area contributed by atoms with Gasteiger partial charge in [-0.2, -0.15) is 0 Å². The highest BCUT2D eigenvalue weighted by atomic mass is 19.1. The van der Waals surface area contributed by atoms with Crippen molar-refractivity contribution < 1.29 is 8.78 Å². The molecule has 0 spiro atoms. The van der Waals surface area contributed by atoms with Gasteiger partial charge < -0.3 is 0 Å². The zero-order chi connectivity index (χ0) is 16.7. The van der Waals surface area contributed by atoms with E-state index in [1.54, 1.807) is 0 Å². The van der Waals surface area contributed by atoms with Gasteiger partial charge in [-0.1, -0.05) is 54.6 Å². The van der Waals surface area contributed by atoms with Crippen molar-refractivity contribution in [2.45, 2.75) is 19.0 Å². The third-order valence-corrected chi connectivity index (χ3v) is 4.68. The van der Waals surface area contributed by atoms with Crippen LogP contribution in [-0.2, 0) is 0 Å². The summed E-state index contributed by atoms with van der Waals surface area (Å²) in [5, 5.41) is 3.51. The van der Waals surface area contributed by atoms with Crippen LogP contribution in [0.4, 0.5) is 8.78 Å². The van der Waals surface area contributed by atoms with E-state index in [4.69, 9.17) is 0 Å². The summed E-state index contributed by atoms with van der Waals surface area (Å²) in [6.07, 6.45) is 0. The molecular formula is C21H17F2N. The van der Waals surface area contributed by atoms with E-state index in [9.17, 15) is 8.78 Å². The number of rotatable bonds is 3. The molecule has 0 aliphatic heterocycles. The second-order valence-corrected chi connectivity index (χ2v) is 6.16. The highest BCUT2D eigenvalue weighted by Crippen LogP contribution is 2.44. The van der Waals surface area contributed by atoms with Gasteiger partial charge in [-0.25, -0.2) is 8.78 Å². The van der Waals surface area contributed by atoms with Gasteiger partial charge in [-0.3, -0.25) is 5.32 Å². The average Bonchev–Trinajstić information content (AvgIpc) is 2.89. The van der Waals surface area contributed by atoms with Crippen LogP contribution in [0.1, 0.15) is 35.7 Å². The SMILES string of the molecule is C[C@@H](NC1c2ccccc2-c2ccccc21)c1ccc(F)cc1F. The summed E-state index contributed by atoms with van der Waals surface area (Å²) in [7, 11) is 0. The van der Waals surface area contributed by atoms with Gasteiger partial charge in [0.1, 0.15) is 11.6 Å². The molecule has 1 aliphatic rings. The van der Waals surface area contributed by atoms with Crippen molar-refractivity contribution in [2.75, 3.05) is 0 Å². The Bertz CT molecular complexity index is 858. The van der Waals surface area contributed by atoms with Gasteiger partial charge in [0.2, 0.25) is 0 Å². The minimum absolute atomic E-state index is 0.00291. The molecule has 0 radical (unpaired) electrons. The molecule has 0 unspecified atom stereocenters. The first-order valence-corrected chi connectivity index (χ1v) is 8.04. The summed E-state index contributed by atoms with van der Waals surface area (Å²) >= 11 is 0. The molecule has 120 valence electrons. The van der Waals surface area contributed by atoms with Crippen LogP contribution in [0, 0.1) is 11.6 Å². The normalized spacial score (nSPS) is 14.3. The Morgan fingerprint density at radius 1 is 0.833 bits per heavy atom. The van der Waals surface area contributed by atoms with Crippen LogP contribution in [0.25, 0.3) is 11.1 Å². The van der Waals surface area contributed by atoms with E-state index >= 15 is 0 Å². The van der Waals surface area contributed by atoms with Gasteiger partial charge in [0, 0.05) is 17.7 Å². The second-order valence-electron chi connectivity index (χ2n) is 6.16. The lowest BCUT2D eigenvalue weighted by molar-refractivity contribution is 0.490. The molecule has 3 aromatic carbocycles. The van der Waals surface area contributed by atoms with E-state index in [2.05, 4.69) is 29.6 Å². The predicted molar refractivity (Wildman–Crippen MR) is 91.6 cm³/mol. The summed E-state index contributed by atoms with van der Waals surface area (Å²) in [6, 6.07) is 20.0. The Morgan fingerprint density at radius 2 is 1.42 bits per heavy atom. The molecule has 0 aromatic heterocycles. The van der Waals surface area contributed by atoms with Gasteiger partial charge in [-0.15, -0.1) is 0 Å². The molecule has 0 fully saturated rings. The fourth-order valence-corrected chi connectivity index (χ4v) is 3.53. The van der Waals surface area contributed by atoms with Crippen LogP contribution in [0.5, 0.6) is 0 Å². The van der Waals surface area contributed by atoms with Gasteiger partial charge in [0.05, 0.1) is 6.04 Å². The zero-order valence-corrected chi connectivity index (χ0v) is 13.3. The Morgan fingerprint density at radius 3 is 2.00 bits per heavy atom. The van der Waals surface area contributed by atoms with Crippen molar-refractivity contribution in [3.63, 3.8) is 0 Å².